The van der Waals surface area contributed by atoms with Gasteiger partial charge in [-0.2, -0.15) is 0 Å². The average Bonchev–Trinajstić information content (AvgIpc) is 2.37. The van der Waals surface area contributed by atoms with Crippen LogP contribution in [0.2, 0.25) is 0 Å². The molecule has 3 N–H and O–H groups in total. The molecule has 1 aliphatic heterocycles. The van der Waals surface area contributed by atoms with Gasteiger partial charge in [-0.25, -0.2) is 0 Å². The molecule has 0 aromatic rings. The number of nitrogens with zero attached hydrogens (tertiary/aromatic N) is 1. The number of likely N-dealkylation sites (N-methyl/N-ethyl adjacent to an activating group) is 1. The molecule has 2 fully saturated rings. The number of hydrogen-bond donors (Lipinski definition) is 2. The van der Waals surface area contributed by atoms with Crippen molar-refractivity contribution in [2.75, 3.05) is 26.8 Å². The number of nitrogens with two attached hydrogens (primary N) is 1. The molecule has 2 rings (SSSR count). The summed E-state index contributed by atoms with van der Waals surface area (Å²) in [6.45, 7) is 5.06. The van der Waals surface area contributed by atoms with Gasteiger partial charge in [-0.3, -0.25) is 4.79 Å². The monoisotopic (exact) mass is 256 g/mol. The first kappa shape index (κ1) is 13.8. The third-order valence-corrected chi connectivity index (χ3v) is 4.82. The third kappa shape index (κ3) is 1.61. The fourth-order valence-electron chi connectivity index (χ4n) is 3.58. The number of amides is 1. The molecule has 3 atom stereocenters. The van der Waals surface area contributed by atoms with Gasteiger partial charge in [-0.15, -0.1) is 0 Å². The molecular weight excluding hydrogens is 232 g/mol. The first-order valence-electron chi connectivity index (χ1n) is 6.64. The molecule has 1 saturated heterocycles. The molecule has 0 bridgehead atoms. The van der Waals surface area contributed by atoms with Crippen molar-refractivity contribution in [2.45, 2.75) is 38.3 Å². The summed E-state index contributed by atoms with van der Waals surface area (Å²) in [6, 6.07) is 0. The summed E-state index contributed by atoms with van der Waals surface area (Å²) in [7, 11) is 1.69. The maximum absolute atomic E-state index is 12.5. The van der Waals surface area contributed by atoms with Crippen LogP contribution in [0.25, 0.3) is 0 Å². The van der Waals surface area contributed by atoms with Gasteiger partial charge < -0.3 is 20.5 Å². The number of carbonyl (C=O) groups excluding carboxylic acids is 1. The third-order valence-electron chi connectivity index (χ3n) is 4.82. The van der Waals surface area contributed by atoms with Crippen molar-refractivity contribution in [3.63, 3.8) is 0 Å². The van der Waals surface area contributed by atoms with Crippen LogP contribution < -0.4 is 5.73 Å². The number of hydrogen-bond acceptors (Lipinski definition) is 4. The van der Waals surface area contributed by atoms with E-state index in [1.54, 1.807) is 7.05 Å². The Labute approximate surface area is 108 Å². The van der Waals surface area contributed by atoms with Crippen molar-refractivity contribution in [2.24, 2.45) is 17.1 Å². The molecule has 18 heavy (non-hydrogen) atoms. The maximum Gasteiger partial charge on any atom is 0.243 e. The van der Waals surface area contributed by atoms with Crippen molar-refractivity contribution in [1.29, 1.82) is 0 Å². The number of ether oxygens (including phenoxy) is 1. The molecule has 5 heteroatoms. The zero-order valence-corrected chi connectivity index (χ0v) is 11.5. The maximum atomic E-state index is 12.5. The summed E-state index contributed by atoms with van der Waals surface area (Å²) in [5, 5.41) is 8.95. The number of carbonyl (C=O) groups is 1. The summed E-state index contributed by atoms with van der Waals surface area (Å²) < 4.78 is 5.78. The van der Waals surface area contributed by atoms with Crippen LogP contribution in [-0.4, -0.2) is 54.4 Å². The van der Waals surface area contributed by atoms with E-state index in [1.807, 2.05) is 13.8 Å². The highest BCUT2D eigenvalue weighted by molar-refractivity contribution is 5.89. The molecule has 0 spiro atoms. The van der Waals surface area contributed by atoms with E-state index in [4.69, 9.17) is 15.6 Å². The van der Waals surface area contributed by atoms with Crippen LogP contribution in [-0.2, 0) is 9.53 Å². The zero-order valence-electron chi connectivity index (χ0n) is 11.5. The standard InChI is InChI=1S/C13H24N2O3/c1-12(2)10-9(5-4-8-18-10)13(12,14)11(17)15(3)6-7-16/h9-10,16H,4-8,14H2,1-3H3. The van der Waals surface area contributed by atoms with E-state index >= 15 is 0 Å². The Morgan fingerprint density at radius 3 is 2.83 bits per heavy atom. The van der Waals surface area contributed by atoms with Gasteiger partial charge in [0.05, 0.1) is 12.7 Å². The van der Waals surface area contributed by atoms with Gasteiger partial charge in [0, 0.05) is 31.5 Å². The highest BCUT2D eigenvalue weighted by Crippen LogP contribution is 2.57. The normalized spacial score (nSPS) is 37.6. The Morgan fingerprint density at radius 2 is 2.22 bits per heavy atom. The van der Waals surface area contributed by atoms with E-state index in [1.165, 1.54) is 4.90 Å². The van der Waals surface area contributed by atoms with Crippen LogP contribution in [0, 0.1) is 11.3 Å². The van der Waals surface area contributed by atoms with E-state index in [0.717, 1.165) is 19.4 Å². The lowest BCUT2D eigenvalue weighted by atomic mass is 9.46. The van der Waals surface area contributed by atoms with Crippen molar-refractivity contribution in [3.05, 3.63) is 0 Å². The Balaban J connectivity index is 2.21. The van der Waals surface area contributed by atoms with Gasteiger partial charge in [0.25, 0.3) is 0 Å². The molecule has 1 amide bonds. The molecule has 0 aromatic carbocycles. The van der Waals surface area contributed by atoms with E-state index in [2.05, 4.69) is 0 Å². The van der Waals surface area contributed by atoms with Gasteiger partial charge in [-0.05, 0) is 12.8 Å². The van der Waals surface area contributed by atoms with Gasteiger partial charge in [0.1, 0.15) is 5.54 Å². The zero-order chi connectivity index (χ0) is 13.6. The van der Waals surface area contributed by atoms with Crippen LogP contribution in [0.1, 0.15) is 26.7 Å². The van der Waals surface area contributed by atoms with Gasteiger partial charge >= 0.3 is 0 Å². The van der Waals surface area contributed by atoms with E-state index in [-0.39, 0.29) is 30.0 Å². The van der Waals surface area contributed by atoms with Crippen molar-refractivity contribution < 1.29 is 14.6 Å². The number of aliphatic hydroxyl groups excluding tert-OH is 1. The lowest BCUT2D eigenvalue weighted by Gasteiger charge is -2.65. The van der Waals surface area contributed by atoms with Crippen molar-refractivity contribution in [3.8, 4) is 0 Å². The number of aliphatic hydroxyl groups is 1. The average molecular weight is 256 g/mol. The minimum absolute atomic E-state index is 0.0383. The molecule has 2 aliphatic rings. The first-order valence-corrected chi connectivity index (χ1v) is 6.64. The molecule has 0 aromatic heterocycles. The van der Waals surface area contributed by atoms with E-state index < -0.39 is 5.54 Å². The van der Waals surface area contributed by atoms with Crippen molar-refractivity contribution >= 4 is 5.91 Å². The lowest BCUT2D eigenvalue weighted by molar-refractivity contribution is -0.229. The predicted molar refractivity (Wildman–Crippen MR) is 67.9 cm³/mol. The lowest BCUT2D eigenvalue weighted by Crippen LogP contribution is -2.82. The Bertz CT molecular complexity index is 345. The molecule has 5 nitrogen and oxygen atoms in total. The van der Waals surface area contributed by atoms with E-state index in [0.29, 0.717) is 6.54 Å². The molecule has 1 heterocycles. The topological polar surface area (TPSA) is 75.8 Å². The SMILES string of the molecule is CN(CCO)C(=O)C1(N)C2CCCOC2C1(C)C. The molecule has 1 aliphatic carbocycles. The molecule has 1 saturated carbocycles. The second kappa shape index (κ2) is 4.47. The van der Waals surface area contributed by atoms with Crippen LogP contribution in [0.4, 0.5) is 0 Å². The second-order valence-electron chi connectivity index (χ2n) is 6.08. The Kier molecular flexibility index (Phi) is 3.42. The van der Waals surface area contributed by atoms with Crippen LogP contribution in [0.5, 0.6) is 0 Å². The number of rotatable bonds is 3. The quantitative estimate of drug-likeness (QED) is 0.743. The summed E-state index contributed by atoms with van der Waals surface area (Å²) >= 11 is 0. The van der Waals surface area contributed by atoms with Gasteiger partial charge in [0.15, 0.2) is 0 Å². The fraction of sp³-hybridized carbons (Fsp3) is 0.923. The minimum Gasteiger partial charge on any atom is -0.395 e. The Morgan fingerprint density at radius 1 is 1.56 bits per heavy atom. The van der Waals surface area contributed by atoms with Gasteiger partial charge in [-0.1, -0.05) is 13.8 Å². The van der Waals surface area contributed by atoms with Crippen LogP contribution in [0.15, 0.2) is 0 Å². The molecule has 3 unspecified atom stereocenters. The summed E-state index contributed by atoms with van der Waals surface area (Å²) in [5.74, 6) is 0.0307. The van der Waals surface area contributed by atoms with Gasteiger partial charge in [0.2, 0.25) is 5.91 Å². The van der Waals surface area contributed by atoms with Crippen LogP contribution in [0.3, 0.4) is 0 Å². The van der Waals surface area contributed by atoms with E-state index in [9.17, 15) is 4.79 Å². The molecule has 0 radical (unpaired) electrons. The van der Waals surface area contributed by atoms with Crippen LogP contribution >= 0.6 is 0 Å². The summed E-state index contributed by atoms with van der Waals surface area (Å²) in [5.41, 5.74) is 5.25. The summed E-state index contributed by atoms with van der Waals surface area (Å²) in [6.07, 6.45) is 2.00. The highest BCUT2D eigenvalue weighted by Gasteiger charge is 2.70. The smallest absolute Gasteiger partial charge is 0.243 e. The number of fused-ring (bicyclic) bond motifs is 1. The first-order chi connectivity index (χ1) is 8.37. The highest BCUT2D eigenvalue weighted by atomic mass is 16.5. The second-order valence-corrected chi connectivity index (χ2v) is 6.08. The Hall–Kier alpha value is -0.650. The minimum atomic E-state index is -0.859. The fourth-order valence-corrected chi connectivity index (χ4v) is 3.58. The largest absolute Gasteiger partial charge is 0.395 e. The predicted octanol–water partition coefficient (Wildman–Crippen LogP) is -0.0304. The summed E-state index contributed by atoms with van der Waals surface area (Å²) in [4.78, 5) is 14.1. The molecule has 104 valence electrons. The molecular formula is C13H24N2O3. The van der Waals surface area contributed by atoms with Crippen molar-refractivity contribution in [1.82, 2.24) is 4.90 Å².